The van der Waals surface area contributed by atoms with Crippen molar-refractivity contribution in [2.24, 2.45) is 11.7 Å². The maximum atomic E-state index is 13.5. The Bertz CT molecular complexity index is 401. The Labute approximate surface area is 107 Å². The highest BCUT2D eigenvalue weighted by Gasteiger charge is 2.23. The Morgan fingerprint density at radius 1 is 1.39 bits per heavy atom. The first-order valence-corrected chi connectivity index (χ1v) is 6.52. The van der Waals surface area contributed by atoms with Crippen LogP contribution in [-0.4, -0.2) is 24.3 Å². The number of rotatable bonds is 3. The van der Waals surface area contributed by atoms with Gasteiger partial charge in [-0.25, -0.2) is 4.39 Å². The predicted molar refractivity (Wildman–Crippen MR) is 70.9 cm³/mol. The highest BCUT2D eigenvalue weighted by molar-refractivity contribution is 5.49. The first-order chi connectivity index (χ1) is 8.60. The SMILES string of the molecule is CC(O)C1CCN(c2cc(F)cc(CN)c2)CC1. The van der Waals surface area contributed by atoms with E-state index in [0.29, 0.717) is 12.5 Å². The van der Waals surface area contributed by atoms with Crippen molar-refractivity contribution in [3.63, 3.8) is 0 Å². The van der Waals surface area contributed by atoms with Crippen LogP contribution in [0.25, 0.3) is 0 Å². The van der Waals surface area contributed by atoms with Crippen LogP contribution < -0.4 is 10.6 Å². The lowest BCUT2D eigenvalue weighted by Crippen LogP contribution is -2.37. The molecule has 0 saturated carbocycles. The minimum Gasteiger partial charge on any atom is -0.393 e. The van der Waals surface area contributed by atoms with E-state index in [-0.39, 0.29) is 11.9 Å². The van der Waals surface area contributed by atoms with Crippen molar-refractivity contribution in [1.29, 1.82) is 0 Å². The van der Waals surface area contributed by atoms with Gasteiger partial charge in [0.15, 0.2) is 0 Å². The Morgan fingerprint density at radius 3 is 2.61 bits per heavy atom. The van der Waals surface area contributed by atoms with E-state index < -0.39 is 0 Å². The summed E-state index contributed by atoms with van der Waals surface area (Å²) in [6.07, 6.45) is 1.65. The second-order valence-electron chi connectivity index (χ2n) is 5.09. The monoisotopic (exact) mass is 252 g/mol. The molecule has 1 atom stereocenters. The Balaban J connectivity index is 2.07. The fourth-order valence-corrected chi connectivity index (χ4v) is 2.57. The smallest absolute Gasteiger partial charge is 0.125 e. The van der Waals surface area contributed by atoms with E-state index in [4.69, 9.17) is 5.73 Å². The Morgan fingerprint density at radius 2 is 2.06 bits per heavy atom. The average molecular weight is 252 g/mol. The molecule has 2 rings (SSSR count). The molecule has 1 fully saturated rings. The van der Waals surface area contributed by atoms with Gasteiger partial charge in [-0.3, -0.25) is 0 Å². The van der Waals surface area contributed by atoms with Gasteiger partial charge in [-0.15, -0.1) is 0 Å². The molecule has 1 saturated heterocycles. The molecule has 0 bridgehead atoms. The number of halogens is 1. The quantitative estimate of drug-likeness (QED) is 0.863. The summed E-state index contributed by atoms with van der Waals surface area (Å²) in [5.74, 6) is 0.134. The normalized spacial score (nSPS) is 19.0. The summed E-state index contributed by atoms with van der Waals surface area (Å²) in [6, 6.07) is 4.99. The van der Waals surface area contributed by atoms with E-state index in [2.05, 4.69) is 4.90 Å². The predicted octanol–water partition coefficient (Wildman–Crippen LogP) is 1.88. The number of nitrogens with zero attached hydrogens (tertiary/aromatic N) is 1. The zero-order chi connectivity index (χ0) is 13.1. The van der Waals surface area contributed by atoms with E-state index in [0.717, 1.165) is 37.2 Å². The highest BCUT2D eigenvalue weighted by Crippen LogP contribution is 2.26. The summed E-state index contributed by atoms with van der Waals surface area (Å²) in [5.41, 5.74) is 7.28. The van der Waals surface area contributed by atoms with Gasteiger partial charge in [-0.2, -0.15) is 0 Å². The number of anilines is 1. The average Bonchev–Trinajstić information content (AvgIpc) is 2.38. The molecule has 0 radical (unpaired) electrons. The van der Waals surface area contributed by atoms with E-state index in [1.165, 1.54) is 6.07 Å². The lowest BCUT2D eigenvalue weighted by molar-refractivity contribution is 0.110. The van der Waals surface area contributed by atoms with Gasteiger partial charge >= 0.3 is 0 Å². The summed E-state index contributed by atoms with van der Waals surface area (Å²) in [6.45, 7) is 3.93. The van der Waals surface area contributed by atoms with Crippen molar-refractivity contribution in [3.05, 3.63) is 29.6 Å². The van der Waals surface area contributed by atoms with Gasteiger partial charge in [0, 0.05) is 25.3 Å². The Kier molecular flexibility index (Phi) is 4.19. The van der Waals surface area contributed by atoms with Crippen molar-refractivity contribution in [1.82, 2.24) is 0 Å². The number of piperidine rings is 1. The second kappa shape index (κ2) is 5.67. The molecule has 1 aliphatic rings. The molecule has 1 heterocycles. The minimum atomic E-state index is -0.251. The van der Waals surface area contributed by atoms with Gasteiger partial charge in [0.25, 0.3) is 0 Å². The van der Waals surface area contributed by atoms with Gasteiger partial charge in [-0.05, 0) is 49.4 Å². The molecule has 3 N–H and O–H groups in total. The highest BCUT2D eigenvalue weighted by atomic mass is 19.1. The first kappa shape index (κ1) is 13.3. The minimum absolute atomic E-state index is 0.231. The number of aliphatic hydroxyl groups excluding tert-OH is 1. The molecule has 0 spiro atoms. The van der Waals surface area contributed by atoms with Gasteiger partial charge in [0.1, 0.15) is 5.82 Å². The maximum Gasteiger partial charge on any atom is 0.125 e. The van der Waals surface area contributed by atoms with E-state index in [9.17, 15) is 9.50 Å². The molecule has 3 nitrogen and oxygen atoms in total. The van der Waals surface area contributed by atoms with Crippen LogP contribution >= 0.6 is 0 Å². The van der Waals surface area contributed by atoms with Crippen LogP contribution in [0.5, 0.6) is 0 Å². The molecular weight excluding hydrogens is 231 g/mol. The molecule has 18 heavy (non-hydrogen) atoms. The van der Waals surface area contributed by atoms with Gasteiger partial charge in [0.2, 0.25) is 0 Å². The molecule has 4 heteroatoms. The lowest BCUT2D eigenvalue weighted by Gasteiger charge is -2.35. The number of hydrogen-bond acceptors (Lipinski definition) is 3. The Hall–Kier alpha value is -1.13. The summed E-state index contributed by atoms with van der Waals surface area (Å²) in [4.78, 5) is 2.17. The fraction of sp³-hybridized carbons (Fsp3) is 0.571. The molecule has 1 unspecified atom stereocenters. The standard InChI is InChI=1S/C14H21FN2O/c1-10(18)12-2-4-17(5-3-12)14-7-11(9-16)6-13(15)8-14/h6-8,10,12,18H,2-5,9,16H2,1H3. The van der Waals surface area contributed by atoms with Crippen LogP contribution in [0, 0.1) is 11.7 Å². The number of benzene rings is 1. The fourth-order valence-electron chi connectivity index (χ4n) is 2.57. The molecule has 100 valence electrons. The van der Waals surface area contributed by atoms with Crippen molar-refractivity contribution in [2.45, 2.75) is 32.4 Å². The molecule has 0 aromatic heterocycles. The van der Waals surface area contributed by atoms with Crippen LogP contribution in [0.1, 0.15) is 25.3 Å². The van der Waals surface area contributed by atoms with Crippen LogP contribution in [0.4, 0.5) is 10.1 Å². The summed E-state index contributed by atoms with van der Waals surface area (Å²) in [7, 11) is 0. The summed E-state index contributed by atoms with van der Waals surface area (Å²) in [5, 5.41) is 9.57. The third-order valence-corrected chi connectivity index (χ3v) is 3.77. The number of hydrogen-bond donors (Lipinski definition) is 2. The van der Waals surface area contributed by atoms with Gasteiger partial charge in [0.05, 0.1) is 6.10 Å². The van der Waals surface area contributed by atoms with Crippen molar-refractivity contribution in [3.8, 4) is 0 Å². The largest absolute Gasteiger partial charge is 0.393 e. The van der Waals surface area contributed by atoms with E-state index in [1.54, 1.807) is 6.07 Å². The third-order valence-electron chi connectivity index (χ3n) is 3.77. The van der Waals surface area contributed by atoms with E-state index in [1.807, 2.05) is 13.0 Å². The topological polar surface area (TPSA) is 49.5 Å². The van der Waals surface area contributed by atoms with Crippen LogP contribution in [0.2, 0.25) is 0 Å². The zero-order valence-electron chi connectivity index (χ0n) is 10.8. The molecule has 1 aromatic rings. The molecule has 1 aromatic carbocycles. The second-order valence-corrected chi connectivity index (χ2v) is 5.09. The zero-order valence-corrected chi connectivity index (χ0v) is 10.8. The molecule has 0 aliphatic carbocycles. The van der Waals surface area contributed by atoms with Crippen molar-refractivity contribution in [2.75, 3.05) is 18.0 Å². The van der Waals surface area contributed by atoms with E-state index >= 15 is 0 Å². The van der Waals surface area contributed by atoms with Gasteiger partial charge < -0.3 is 15.7 Å². The number of aliphatic hydroxyl groups is 1. The maximum absolute atomic E-state index is 13.5. The van der Waals surface area contributed by atoms with Crippen LogP contribution in [0.3, 0.4) is 0 Å². The van der Waals surface area contributed by atoms with Crippen molar-refractivity contribution < 1.29 is 9.50 Å². The summed E-state index contributed by atoms with van der Waals surface area (Å²) < 4.78 is 13.5. The van der Waals surface area contributed by atoms with Gasteiger partial charge in [-0.1, -0.05) is 0 Å². The first-order valence-electron chi connectivity index (χ1n) is 6.52. The lowest BCUT2D eigenvalue weighted by atomic mass is 9.92. The number of nitrogens with two attached hydrogens (primary N) is 1. The molecular formula is C14H21FN2O. The molecule has 0 amide bonds. The van der Waals surface area contributed by atoms with Crippen LogP contribution in [0.15, 0.2) is 18.2 Å². The van der Waals surface area contributed by atoms with Crippen LogP contribution in [-0.2, 0) is 6.54 Å². The molecule has 1 aliphatic heterocycles. The third kappa shape index (κ3) is 3.00. The van der Waals surface area contributed by atoms with Crippen molar-refractivity contribution >= 4 is 5.69 Å². The summed E-state index contributed by atoms with van der Waals surface area (Å²) >= 11 is 0.